The highest BCUT2D eigenvalue weighted by molar-refractivity contribution is 5.27. The first kappa shape index (κ1) is 15.4. The van der Waals surface area contributed by atoms with Crippen LogP contribution in [0.1, 0.15) is 16.9 Å². The minimum Gasteiger partial charge on any atom is -0.493 e. The molecule has 3 nitrogen and oxygen atoms in total. The summed E-state index contributed by atoms with van der Waals surface area (Å²) in [4.78, 5) is 0. The molecule has 1 aromatic heterocycles. The van der Waals surface area contributed by atoms with E-state index in [0.717, 1.165) is 31.0 Å². The van der Waals surface area contributed by atoms with E-state index in [4.69, 9.17) is 9.15 Å². The van der Waals surface area contributed by atoms with E-state index in [1.165, 1.54) is 11.1 Å². The SMILES string of the molecule is c1ccc(CCOc2ccc(CNCc3ccco3)cc2)cc1. The third-order valence-electron chi connectivity index (χ3n) is 3.63. The van der Waals surface area contributed by atoms with Crippen molar-refractivity contribution in [2.24, 2.45) is 0 Å². The Morgan fingerprint density at radius 3 is 2.35 bits per heavy atom. The lowest BCUT2D eigenvalue weighted by Crippen LogP contribution is -2.12. The van der Waals surface area contributed by atoms with Gasteiger partial charge in [0, 0.05) is 13.0 Å². The molecule has 1 N–H and O–H groups in total. The van der Waals surface area contributed by atoms with Crippen molar-refractivity contribution in [2.45, 2.75) is 19.5 Å². The molecule has 0 amide bonds. The zero-order chi connectivity index (χ0) is 15.7. The van der Waals surface area contributed by atoms with Crippen LogP contribution in [0.25, 0.3) is 0 Å². The van der Waals surface area contributed by atoms with Gasteiger partial charge in [0.1, 0.15) is 11.5 Å². The Kier molecular flexibility index (Phi) is 5.48. The molecule has 0 bridgehead atoms. The van der Waals surface area contributed by atoms with Crippen LogP contribution >= 0.6 is 0 Å². The number of rotatable bonds is 8. The summed E-state index contributed by atoms with van der Waals surface area (Å²) in [6.45, 7) is 2.24. The summed E-state index contributed by atoms with van der Waals surface area (Å²) >= 11 is 0. The standard InChI is InChI=1S/C20H21NO2/c1-2-5-17(6-3-1)12-14-23-19-10-8-18(9-11-19)15-21-16-20-7-4-13-22-20/h1-11,13,21H,12,14-16H2. The van der Waals surface area contributed by atoms with Gasteiger partial charge in [0.05, 0.1) is 19.4 Å². The van der Waals surface area contributed by atoms with Crippen molar-refractivity contribution in [1.82, 2.24) is 5.32 Å². The Hall–Kier alpha value is -2.52. The summed E-state index contributed by atoms with van der Waals surface area (Å²) in [5.41, 5.74) is 2.53. The van der Waals surface area contributed by atoms with Crippen LogP contribution in [0.3, 0.4) is 0 Å². The molecule has 0 aliphatic rings. The smallest absolute Gasteiger partial charge is 0.119 e. The molecule has 0 spiro atoms. The van der Waals surface area contributed by atoms with Crippen LogP contribution in [-0.4, -0.2) is 6.61 Å². The summed E-state index contributed by atoms with van der Waals surface area (Å²) < 4.78 is 11.1. The second kappa shape index (κ2) is 8.20. The molecule has 118 valence electrons. The van der Waals surface area contributed by atoms with Crippen molar-refractivity contribution in [3.05, 3.63) is 89.9 Å². The quantitative estimate of drug-likeness (QED) is 0.677. The monoisotopic (exact) mass is 307 g/mol. The maximum absolute atomic E-state index is 5.79. The molecule has 0 aliphatic carbocycles. The van der Waals surface area contributed by atoms with E-state index in [1.54, 1.807) is 6.26 Å². The van der Waals surface area contributed by atoms with Crippen molar-refractivity contribution in [1.29, 1.82) is 0 Å². The van der Waals surface area contributed by atoms with E-state index in [9.17, 15) is 0 Å². The lowest BCUT2D eigenvalue weighted by Gasteiger charge is -2.08. The number of hydrogen-bond donors (Lipinski definition) is 1. The van der Waals surface area contributed by atoms with Gasteiger partial charge >= 0.3 is 0 Å². The number of furan rings is 1. The molecule has 0 unspecified atom stereocenters. The number of nitrogens with one attached hydrogen (secondary N) is 1. The van der Waals surface area contributed by atoms with Gasteiger partial charge in [-0.2, -0.15) is 0 Å². The molecule has 3 heteroatoms. The van der Waals surface area contributed by atoms with Gasteiger partial charge in [0.15, 0.2) is 0 Å². The number of hydrogen-bond acceptors (Lipinski definition) is 3. The van der Waals surface area contributed by atoms with E-state index < -0.39 is 0 Å². The van der Waals surface area contributed by atoms with Crippen LogP contribution in [0.5, 0.6) is 5.75 Å². The number of ether oxygens (including phenoxy) is 1. The molecule has 2 aromatic carbocycles. The summed E-state index contributed by atoms with van der Waals surface area (Å²) in [5, 5.41) is 3.35. The van der Waals surface area contributed by atoms with Gasteiger partial charge in [-0.05, 0) is 35.4 Å². The molecular formula is C20H21NO2. The number of benzene rings is 2. The predicted molar refractivity (Wildman–Crippen MR) is 91.3 cm³/mol. The average Bonchev–Trinajstić information content (AvgIpc) is 3.11. The molecule has 3 rings (SSSR count). The summed E-state index contributed by atoms with van der Waals surface area (Å²) in [6.07, 6.45) is 2.62. The fourth-order valence-electron chi connectivity index (χ4n) is 2.38. The van der Waals surface area contributed by atoms with Crippen LogP contribution in [0, 0.1) is 0 Å². The van der Waals surface area contributed by atoms with Crippen molar-refractivity contribution >= 4 is 0 Å². The lowest BCUT2D eigenvalue weighted by molar-refractivity contribution is 0.322. The molecule has 0 radical (unpaired) electrons. The van der Waals surface area contributed by atoms with Crippen LogP contribution in [-0.2, 0) is 19.5 Å². The summed E-state index contributed by atoms with van der Waals surface area (Å²) in [5.74, 6) is 1.86. The predicted octanol–water partition coefficient (Wildman–Crippen LogP) is 4.19. The first-order valence-corrected chi connectivity index (χ1v) is 7.89. The summed E-state index contributed by atoms with van der Waals surface area (Å²) in [7, 11) is 0. The van der Waals surface area contributed by atoms with Crippen LogP contribution in [0.4, 0.5) is 0 Å². The van der Waals surface area contributed by atoms with Gasteiger partial charge in [-0.1, -0.05) is 42.5 Å². The van der Waals surface area contributed by atoms with Crippen LogP contribution < -0.4 is 10.1 Å². The van der Waals surface area contributed by atoms with E-state index >= 15 is 0 Å². The zero-order valence-corrected chi connectivity index (χ0v) is 13.1. The Balaban J connectivity index is 1.40. The second-order valence-corrected chi connectivity index (χ2v) is 5.41. The summed E-state index contributed by atoms with van der Waals surface area (Å²) in [6, 6.07) is 22.5. The minimum atomic E-state index is 0.695. The Labute approximate surface area is 136 Å². The molecule has 1 heterocycles. The maximum atomic E-state index is 5.79. The third kappa shape index (κ3) is 5.01. The van der Waals surface area contributed by atoms with E-state index in [1.807, 2.05) is 30.3 Å². The Bertz CT molecular complexity index is 675. The largest absolute Gasteiger partial charge is 0.493 e. The van der Waals surface area contributed by atoms with Crippen LogP contribution in [0.2, 0.25) is 0 Å². The molecule has 23 heavy (non-hydrogen) atoms. The third-order valence-corrected chi connectivity index (χ3v) is 3.63. The fraction of sp³-hybridized carbons (Fsp3) is 0.200. The normalized spacial score (nSPS) is 10.6. The topological polar surface area (TPSA) is 34.4 Å². The second-order valence-electron chi connectivity index (χ2n) is 5.41. The fourth-order valence-corrected chi connectivity index (χ4v) is 2.38. The molecule has 0 saturated heterocycles. The minimum absolute atomic E-state index is 0.695. The first-order valence-electron chi connectivity index (χ1n) is 7.89. The highest BCUT2D eigenvalue weighted by Crippen LogP contribution is 2.13. The van der Waals surface area contributed by atoms with Crippen molar-refractivity contribution in [2.75, 3.05) is 6.61 Å². The van der Waals surface area contributed by atoms with Gasteiger partial charge in [-0.25, -0.2) is 0 Å². The van der Waals surface area contributed by atoms with E-state index in [0.29, 0.717) is 6.61 Å². The van der Waals surface area contributed by atoms with E-state index in [-0.39, 0.29) is 0 Å². The van der Waals surface area contributed by atoms with E-state index in [2.05, 4.69) is 41.7 Å². The first-order chi connectivity index (χ1) is 11.4. The van der Waals surface area contributed by atoms with Gasteiger partial charge in [-0.3, -0.25) is 0 Å². The van der Waals surface area contributed by atoms with Crippen molar-refractivity contribution < 1.29 is 9.15 Å². The molecular weight excluding hydrogens is 286 g/mol. The van der Waals surface area contributed by atoms with Gasteiger partial charge in [0.25, 0.3) is 0 Å². The molecule has 3 aromatic rings. The molecule has 0 atom stereocenters. The molecule has 0 saturated carbocycles. The van der Waals surface area contributed by atoms with Gasteiger partial charge in [-0.15, -0.1) is 0 Å². The van der Waals surface area contributed by atoms with Crippen molar-refractivity contribution in [3.8, 4) is 5.75 Å². The van der Waals surface area contributed by atoms with Gasteiger partial charge < -0.3 is 14.5 Å². The molecule has 0 aliphatic heterocycles. The Morgan fingerprint density at radius 1 is 0.783 bits per heavy atom. The van der Waals surface area contributed by atoms with Crippen molar-refractivity contribution in [3.63, 3.8) is 0 Å². The lowest BCUT2D eigenvalue weighted by atomic mass is 10.2. The molecule has 0 fully saturated rings. The van der Waals surface area contributed by atoms with Gasteiger partial charge in [0.2, 0.25) is 0 Å². The maximum Gasteiger partial charge on any atom is 0.119 e. The van der Waals surface area contributed by atoms with Crippen LogP contribution in [0.15, 0.2) is 77.4 Å². The zero-order valence-electron chi connectivity index (χ0n) is 13.1. The highest BCUT2D eigenvalue weighted by Gasteiger charge is 1.98. The average molecular weight is 307 g/mol. The highest BCUT2D eigenvalue weighted by atomic mass is 16.5. The Morgan fingerprint density at radius 2 is 1.61 bits per heavy atom.